The van der Waals surface area contributed by atoms with Crippen molar-refractivity contribution in [2.45, 2.75) is 26.3 Å². The maximum atomic E-state index is 12.6. The highest BCUT2D eigenvalue weighted by molar-refractivity contribution is 6.34. The molecule has 0 aromatic heterocycles. The molecule has 1 heterocycles. The van der Waals surface area contributed by atoms with Gasteiger partial charge in [-0.1, -0.05) is 17.7 Å². The summed E-state index contributed by atoms with van der Waals surface area (Å²) in [5.74, 6) is -0.888. The monoisotopic (exact) mass is 359 g/mol. The smallest absolute Gasteiger partial charge is 0.330 e. The average molecular weight is 360 g/mol. The Morgan fingerprint density at radius 2 is 1.92 bits per heavy atom. The summed E-state index contributed by atoms with van der Waals surface area (Å²) in [6.45, 7) is 4.36. The van der Waals surface area contributed by atoms with Crippen molar-refractivity contribution in [3.8, 4) is 5.75 Å². The van der Waals surface area contributed by atoms with Gasteiger partial charge < -0.3 is 15.2 Å². The van der Waals surface area contributed by atoms with Gasteiger partial charge in [-0.2, -0.15) is 0 Å². The van der Waals surface area contributed by atoms with E-state index in [1.54, 1.807) is 30.3 Å². The highest BCUT2D eigenvalue weighted by Gasteiger charge is 2.25. The lowest BCUT2D eigenvalue weighted by Crippen LogP contribution is -2.34. The van der Waals surface area contributed by atoms with Crippen LogP contribution in [-0.4, -0.2) is 23.6 Å². The van der Waals surface area contributed by atoms with Gasteiger partial charge in [0.15, 0.2) is 6.04 Å². The lowest BCUT2D eigenvalue weighted by atomic mass is 10.0. The van der Waals surface area contributed by atoms with Crippen LogP contribution in [0, 0.1) is 13.8 Å². The van der Waals surface area contributed by atoms with Crippen molar-refractivity contribution >= 4 is 23.5 Å². The summed E-state index contributed by atoms with van der Waals surface area (Å²) < 4.78 is 5.43. The quantitative estimate of drug-likeness (QED) is 0.876. The number of benzene rings is 2. The molecule has 1 unspecified atom stereocenters. The summed E-state index contributed by atoms with van der Waals surface area (Å²) in [7, 11) is 0. The van der Waals surface area contributed by atoms with Crippen LogP contribution in [0.3, 0.4) is 0 Å². The Morgan fingerprint density at radius 1 is 1.20 bits per heavy atom. The van der Waals surface area contributed by atoms with E-state index in [9.17, 15) is 14.7 Å². The Bertz CT molecular complexity index is 863. The number of carboxylic acids is 1. The van der Waals surface area contributed by atoms with Crippen LogP contribution in [0.15, 0.2) is 30.3 Å². The van der Waals surface area contributed by atoms with E-state index in [1.165, 1.54) is 0 Å². The SMILES string of the molecule is Cc1cc(Cl)c(C(=O)NC(C(=O)O)c2ccc3c(c2)CCO3)cc1C. The summed E-state index contributed by atoms with van der Waals surface area (Å²) in [4.78, 5) is 24.3. The Hall–Kier alpha value is -2.53. The Morgan fingerprint density at radius 3 is 2.64 bits per heavy atom. The van der Waals surface area contributed by atoms with E-state index in [1.807, 2.05) is 13.8 Å². The molecule has 3 rings (SSSR count). The first kappa shape index (κ1) is 17.3. The van der Waals surface area contributed by atoms with Gasteiger partial charge in [0.1, 0.15) is 5.75 Å². The zero-order valence-corrected chi connectivity index (χ0v) is 14.7. The largest absolute Gasteiger partial charge is 0.493 e. The molecule has 0 saturated carbocycles. The Kier molecular flexibility index (Phi) is 4.68. The van der Waals surface area contributed by atoms with Gasteiger partial charge in [0.25, 0.3) is 5.91 Å². The molecule has 5 nitrogen and oxygen atoms in total. The van der Waals surface area contributed by atoms with Crippen molar-refractivity contribution in [3.05, 3.63) is 63.2 Å². The average Bonchev–Trinajstić information content (AvgIpc) is 3.03. The van der Waals surface area contributed by atoms with Crippen LogP contribution in [0.5, 0.6) is 5.75 Å². The normalized spacial score (nSPS) is 13.7. The lowest BCUT2D eigenvalue weighted by Gasteiger charge is -2.17. The molecule has 2 N–H and O–H groups in total. The van der Waals surface area contributed by atoms with Crippen LogP contribution in [-0.2, 0) is 11.2 Å². The summed E-state index contributed by atoms with van der Waals surface area (Å²) in [6.07, 6.45) is 0.729. The van der Waals surface area contributed by atoms with Gasteiger partial charge in [0.2, 0.25) is 0 Å². The molecule has 0 saturated heterocycles. The molecule has 0 radical (unpaired) electrons. The van der Waals surface area contributed by atoms with Gasteiger partial charge in [-0.15, -0.1) is 0 Å². The fourth-order valence-corrected chi connectivity index (χ4v) is 3.14. The molecular weight excluding hydrogens is 342 g/mol. The molecular formula is C19H18ClNO4. The van der Waals surface area contributed by atoms with Gasteiger partial charge in [0, 0.05) is 6.42 Å². The van der Waals surface area contributed by atoms with Crippen LogP contribution in [0.1, 0.15) is 38.7 Å². The van der Waals surface area contributed by atoms with E-state index in [0.29, 0.717) is 17.2 Å². The van der Waals surface area contributed by atoms with Crippen molar-refractivity contribution in [1.29, 1.82) is 0 Å². The predicted molar refractivity (Wildman–Crippen MR) is 94.4 cm³/mol. The topological polar surface area (TPSA) is 75.6 Å². The molecule has 130 valence electrons. The van der Waals surface area contributed by atoms with E-state index in [0.717, 1.165) is 28.9 Å². The number of carbonyl (C=O) groups is 2. The Balaban J connectivity index is 1.89. The summed E-state index contributed by atoms with van der Waals surface area (Å²) >= 11 is 6.16. The van der Waals surface area contributed by atoms with E-state index in [-0.39, 0.29) is 5.56 Å². The first-order valence-corrected chi connectivity index (χ1v) is 8.30. The highest BCUT2D eigenvalue weighted by Crippen LogP contribution is 2.29. The summed E-state index contributed by atoms with van der Waals surface area (Å²) in [6, 6.07) is 7.38. The molecule has 1 atom stereocenters. The van der Waals surface area contributed by atoms with Gasteiger partial charge in [-0.3, -0.25) is 4.79 Å². The van der Waals surface area contributed by atoms with Crippen molar-refractivity contribution in [3.63, 3.8) is 0 Å². The van der Waals surface area contributed by atoms with Crippen molar-refractivity contribution in [2.24, 2.45) is 0 Å². The van der Waals surface area contributed by atoms with Crippen LogP contribution in [0.2, 0.25) is 5.02 Å². The molecule has 0 aliphatic carbocycles. The molecule has 1 amide bonds. The zero-order chi connectivity index (χ0) is 18.1. The van der Waals surface area contributed by atoms with Crippen LogP contribution in [0.25, 0.3) is 0 Å². The number of ether oxygens (including phenoxy) is 1. The molecule has 2 aromatic carbocycles. The van der Waals surface area contributed by atoms with Gasteiger partial charge >= 0.3 is 5.97 Å². The molecule has 2 aromatic rings. The number of hydrogen-bond acceptors (Lipinski definition) is 3. The number of aliphatic carboxylic acids is 1. The first-order chi connectivity index (χ1) is 11.9. The first-order valence-electron chi connectivity index (χ1n) is 7.93. The van der Waals surface area contributed by atoms with Gasteiger partial charge in [-0.25, -0.2) is 4.79 Å². The number of halogens is 1. The third kappa shape index (κ3) is 3.46. The predicted octanol–water partition coefficient (Wildman–Crippen LogP) is 3.45. The van der Waals surface area contributed by atoms with Crippen LogP contribution >= 0.6 is 11.6 Å². The summed E-state index contributed by atoms with van der Waals surface area (Å²) in [5, 5.41) is 12.4. The third-order valence-corrected chi connectivity index (χ3v) is 4.71. The Labute approximate surface area is 150 Å². The number of fused-ring (bicyclic) bond motifs is 1. The fraction of sp³-hybridized carbons (Fsp3) is 0.263. The van der Waals surface area contributed by atoms with Crippen molar-refractivity contribution in [1.82, 2.24) is 5.32 Å². The highest BCUT2D eigenvalue weighted by atomic mass is 35.5. The third-order valence-electron chi connectivity index (χ3n) is 4.40. The number of rotatable bonds is 4. The maximum Gasteiger partial charge on any atom is 0.330 e. The lowest BCUT2D eigenvalue weighted by molar-refractivity contribution is -0.139. The number of carboxylic acid groups (broad SMARTS) is 1. The molecule has 0 spiro atoms. The van der Waals surface area contributed by atoms with Crippen LogP contribution in [0.4, 0.5) is 0 Å². The van der Waals surface area contributed by atoms with E-state index in [2.05, 4.69) is 5.32 Å². The molecule has 1 aliphatic rings. The van der Waals surface area contributed by atoms with E-state index in [4.69, 9.17) is 16.3 Å². The molecule has 0 bridgehead atoms. The number of hydrogen-bond donors (Lipinski definition) is 2. The number of aryl methyl sites for hydroxylation is 2. The minimum atomic E-state index is -1.16. The van der Waals surface area contributed by atoms with Gasteiger partial charge in [-0.05, 0) is 60.4 Å². The van der Waals surface area contributed by atoms with E-state index < -0.39 is 17.9 Å². The fourth-order valence-electron chi connectivity index (χ4n) is 2.84. The second-order valence-electron chi connectivity index (χ2n) is 6.13. The zero-order valence-electron chi connectivity index (χ0n) is 13.9. The van der Waals surface area contributed by atoms with Crippen LogP contribution < -0.4 is 10.1 Å². The minimum absolute atomic E-state index is 0.264. The summed E-state index contributed by atoms with van der Waals surface area (Å²) in [5.41, 5.74) is 3.60. The number of carbonyl (C=O) groups excluding carboxylic acids is 1. The molecule has 0 fully saturated rings. The minimum Gasteiger partial charge on any atom is -0.493 e. The van der Waals surface area contributed by atoms with Gasteiger partial charge in [0.05, 0.1) is 17.2 Å². The number of nitrogens with one attached hydrogen (secondary N) is 1. The second kappa shape index (κ2) is 6.76. The standard InChI is InChI=1S/C19H18ClNO4/c1-10-7-14(15(20)8-11(10)2)18(22)21-17(19(23)24)13-3-4-16-12(9-13)5-6-25-16/h3-4,7-9,17H,5-6H2,1-2H3,(H,21,22)(H,23,24). The second-order valence-corrected chi connectivity index (χ2v) is 6.53. The number of amides is 1. The molecule has 6 heteroatoms. The molecule has 25 heavy (non-hydrogen) atoms. The molecule has 1 aliphatic heterocycles. The maximum absolute atomic E-state index is 12.6. The van der Waals surface area contributed by atoms with Crippen molar-refractivity contribution in [2.75, 3.05) is 6.61 Å². The van der Waals surface area contributed by atoms with Crippen molar-refractivity contribution < 1.29 is 19.4 Å². The van der Waals surface area contributed by atoms with E-state index >= 15 is 0 Å².